The maximum Gasteiger partial charge on any atom is 0.248 e. The van der Waals surface area contributed by atoms with E-state index >= 15 is 0 Å². The van der Waals surface area contributed by atoms with Crippen molar-refractivity contribution >= 4 is 50.2 Å². The lowest BCUT2D eigenvalue weighted by molar-refractivity contribution is -0.137. The number of likely N-dealkylation sites (tertiary alicyclic amines) is 1. The average Bonchev–Trinajstić information content (AvgIpc) is 3.48. The smallest absolute Gasteiger partial charge is 0.248 e. The predicted molar refractivity (Wildman–Crippen MR) is 157 cm³/mol. The SMILES string of the molecule is CC(=O)c1cn(CC(=O)N2CC(C)CC2C(=O)Nc2nc(Br)ccc2C)c2c(C)cc(-c3cnc(C)nc3)cc12. The van der Waals surface area contributed by atoms with Crippen molar-refractivity contribution in [3.8, 4) is 11.1 Å². The molecule has 1 fully saturated rings. The fourth-order valence-corrected chi connectivity index (χ4v) is 5.72. The molecule has 0 radical (unpaired) electrons. The lowest BCUT2D eigenvalue weighted by Gasteiger charge is -2.24. The van der Waals surface area contributed by atoms with E-state index in [0.717, 1.165) is 33.2 Å². The predicted octanol–water partition coefficient (Wildman–Crippen LogP) is 5.26. The summed E-state index contributed by atoms with van der Waals surface area (Å²) in [7, 11) is 0. The Kier molecular flexibility index (Phi) is 7.55. The molecule has 1 N–H and O–H groups in total. The molecular weight excluding hydrogens is 572 g/mol. The molecule has 1 aliphatic rings. The molecule has 2 amide bonds. The van der Waals surface area contributed by atoms with Gasteiger partial charge in [-0.05, 0) is 90.9 Å². The van der Waals surface area contributed by atoms with Gasteiger partial charge >= 0.3 is 0 Å². The Morgan fingerprint density at radius 2 is 1.77 bits per heavy atom. The first kappa shape index (κ1) is 27.6. The van der Waals surface area contributed by atoms with E-state index in [1.807, 2.05) is 56.5 Å². The van der Waals surface area contributed by atoms with Gasteiger partial charge in [0.25, 0.3) is 0 Å². The second-order valence-electron chi connectivity index (χ2n) is 10.6. The summed E-state index contributed by atoms with van der Waals surface area (Å²) < 4.78 is 2.45. The van der Waals surface area contributed by atoms with Crippen molar-refractivity contribution in [3.63, 3.8) is 0 Å². The van der Waals surface area contributed by atoms with E-state index < -0.39 is 6.04 Å². The van der Waals surface area contributed by atoms with E-state index in [-0.39, 0.29) is 30.1 Å². The summed E-state index contributed by atoms with van der Waals surface area (Å²) in [5.74, 6) is 0.810. The number of pyridine rings is 1. The van der Waals surface area contributed by atoms with Crippen molar-refractivity contribution in [1.82, 2.24) is 24.4 Å². The normalized spacial score (nSPS) is 16.9. The van der Waals surface area contributed by atoms with E-state index in [1.54, 1.807) is 23.5 Å². The van der Waals surface area contributed by atoms with Gasteiger partial charge in [0, 0.05) is 41.6 Å². The Morgan fingerprint density at radius 1 is 1.05 bits per heavy atom. The molecule has 5 rings (SSSR count). The third-order valence-electron chi connectivity index (χ3n) is 7.40. The van der Waals surface area contributed by atoms with Gasteiger partial charge in [-0.2, -0.15) is 0 Å². The van der Waals surface area contributed by atoms with Crippen molar-refractivity contribution in [2.75, 3.05) is 11.9 Å². The van der Waals surface area contributed by atoms with Crippen LogP contribution < -0.4 is 5.32 Å². The third kappa shape index (κ3) is 5.40. The van der Waals surface area contributed by atoms with Crippen molar-refractivity contribution in [2.24, 2.45) is 5.92 Å². The number of aromatic nitrogens is 4. The highest BCUT2D eigenvalue weighted by Crippen LogP contribution is 2.32. The Labute approximate surface area is 241 Å². The van der Waals surface area contributed by atoms with Crippen LogP contribution in [-0.2, 0) is 16.1 Å². The Hall–Kier alpha value is -3.92. The number of hydrogen-bond acceptors (Lipinski definition) is 6. The van der Waals surface area contributed by atoms with Gasteiger partial charge < -0.3 is 14.8 Å². The van der Waals surface area contributed by atoms with Crippen molar-refractivity contribution in [3.05, 3.63) is 70.0 Å². The van der Waals surface area contributed by atoms with Crippen molar-refractivity contribution < 1.29 is 14.4 Å². The summed E-state index contributed by atoms with van der Waals surface area (Å²) in [4.78, 5) is 54.3. The largest absolute Gasteiger partial charge is 0.337 e. The van der Waals surface area contributed by atoms with Gasteiger partial charge in [-0.3, -0.25) is 14.4 Å². The molecule has 0 bridgehead atoms. The van der Waals surface area contributed by atoms with Crippen LogP contribution in [0.1, 0.15) is 47.6 Å². The maximum absolute atomic E-state index is 13.7. The van der Waals surface area contributed by atoms with E-state index in [2.05, 4.69) is 36.2 Å². The van der Waals surface area contributed by atoms with E-state index in [1.165, 1.54) is 6.92 Å². The fraction of sp³-hybridized carbons (Fsp3) is 0.333. The number of anilines is 1. The Bertz CT molecular complexity index is 1650. The Balaban J connectivity index is 1.45. The minimum atomic E-state index is -0.606. The molecule has 0 aliphatic carbocycles. The number of ketones is 1. The fourth-order valence-electron chi connectivity index (χ4n) is 5.41. The van der Waals surface area contributed by atoms with Crippen LogP contribution in [0.5, 0.6) is 0 Å². The summed E-state index contributed by atoms with van der Waals surface area (Å²) in [5.41, 5.74) is 4.87. The molecule has 40 heavy (non-hydrogen) atoms. The summed E-state index contributed by atoms with van der Waals surface area (Å²) in [6.45, 7) is 9.73. The zero-order valence-electron chi connectivity index (χ0n) is 23.2. The number of fused-ring (bicyclic) bond motifs is 1. The number of aryl methyl sites for hydroxylation is 3. The van der Waals surface area contributed by atoms with Gasteiger partial charge in [0.1, 0.15) is 28.8 Å². The molecule has 0 spiro atoms. The van der Waals surface area contributed by atoms with Crippen LogP contribution in [-0.4, -0.2) is 54.6 Å². The summed E-state index contributed by atoms with van der Waals surface area (Å²) >= 11 is 3.35. The quantitative estimate of drug-likeness (QED) is 0.238. The van der Waals surface area contributed by atoms with Crippen LogP contribution >= 0.6 is 15.9 Å². The molecule has 2 unspecified atom stereocenters. The lowest BCUT2D eigenvalue weighted by Crippen LogP contribution is -2.44. The zero-order chi connectivity index (χ0) is 28.7. The highest BCUT2D eigenvalue weighted by molar-refractivity contribution is 9.10. The molecule has 2 atom stereocenters. The van der Waals surface area contributed by atoms with Gasteiger partial charge in [-0.1, -0.05) is 13.0 Å². The Morgan fingerprint density at radius 3 is 2.48 bits per heavy atom. The number of rotatable bonds is 6. The highest BCUT2D eigenvalue weighted by atomic mass is 79.9. The number of halogens is 1. The number of nitrogens with zero attached hydrogens (tertiary/aromatic N) is 5. The first-order valence-electron chi connectivity index (χ1n) is 13.2. The molecule has 3 aromatic heterocycles. The number of carbonyl (C=O) groups is 3. The van der Waals surface area contributed by atoms with E-state index in [9.17, 15) is 14.4 Å². The molecule has 4 heterocycles. The van der Waals surface area contributed by atoms with Crippen LogP contribution in [0.15, 0.2) is 47.5 Å². The molecule has 1 aromatic carbocycles. The second-order valence-corrected chi connectivity index (χ2v) is 11.4. The van der Waals surface area contributed by atoms with Crippen LogP contribution in [0.4, 0.5) is 5.82 Å². The van der Waals surface area contributed by atoms with Gasteiger partial charge in [-0.25, -0.2) is 15.0 Å². The van der Waals surface area contributed by atoms with Gasteiger partial charge in [-0.15, -0.1) is 0 Å². The average molecular weight is 604 g/mol. The van der Waals surface area contributed by atoms with Crippen LogP contribution in [0.2, 0.25) is 0 Å². The monoisotopic (exact) mass is 602 g/mol. The standard InChI is InChI=1S/C30H31BrN6O3/c1-16-8-25(30(40)35-29-17(2)6-7-26(31)34-29)37(13-16)27(39)15-36-14-24(19(4)38)23-10-21(9-18(3)28(23)36)22-11-32-20(5)33-12-22/h6-7,9-12,14,16,25H,8,13,15H2,1-5H3,(H,34,35,40). The highest BCUT2D eigenvalue weighted by Gasteiger charge is 2.38. The van der Waals surface area contributed by atoms with E-state index in [0.29, 0.717) is 34.8 Å². The van der Waals surface area contributed by atoms with Gasteiger partial charge in [0.2, 0.25) is 11.8 Å². The molecule has 9 nitrogen and oxygen atoms in total. The summed E-state index contributed by atoms with van der Waals surface area (Å²) in [5, 5.41) is 3.68. The number of carbonyl (C=O) groups excluding carboxylic acids is 3. The van der Waals surface area contributed by atoms with Gasteiger partial charge in [0.05, 0.1) is 5.52 Å². The van der Waals surface area contributed by atoms with E-state index in [4.69, 9.17) is 0 Å². The number of amides is 2. The first-order valence-corrected chi connectivity index (χ1v) is 14.0. The topological polar surface area (TPSA) is 110 Å². The number of hydrogen-bond donors (Lipinski definition) is 1. The number of Topliss-reactive ketones (excluding diaryl/α,β-unsaturated/α-hetero) is 1. The molecule has 1 aliphatic heterocycles. The summed E-state index contributed by atoms with van der Waals surface area (Å²) in [6, 6.07) is 7.05. The van der Waals surface area contributed by atoms with Crippen LogP contribution in [0.25, 0.3) is 22.0 Å². The number of nitrogens with one attached hydrogen (secondary N) is 1. The molecule has 0 saturated carbocycles. The minimum Gasteiger partial charge on any atom is -0.337 e. The van der Waals surface area contributed by atoms with Gasteiger partial charge in [0.15, 0.2) is 5.78 Å². The van der Waals surface area contributed by atoms with Crippen LogP contribution in [0, 0.1) is 26.7 Å². The first-order chi connectivity index (χ1) is 19.0. The van der Waals surface area contributed by atoms with Crippen molar-refractivity contribution in [2.45, 2.75) is 53.6 Å². The molecule has 4 aromatic rings. The second kappa shape index (κ2) is 10.9. The molecule has 10 heteroatoms. The van der Waals surface area contributed by atoms with Crippen LogP contribution in [0.3, 0.4) is 0 Å². The third-order valence-corrected chi connectivity index (χ3v) is 7.84. The maximum atomic E-state index is 13.7. The van der Waals surface area contributed by atoms with Crippen molar-refractivity contribution in [1.29, 1.82) is 0 Å². The number of benzene rings is 1. The minimum absolute atomic E-state index is 0.0161. The zero-order valence-corrected chi connectivity index (χ0v) is 24.7. The molecule has 206 valence electrons. The summed E-state index contributed by atoms with van der Waals surface area (Å²) in [6.07, 6.45) is 5.84. The lowest BCUT2D eigenvalue weighted by atomic mass is 10.0. The molecular formula is C30H31BrN6O3. The molecule has 1 saturated heterocycles.